The number of likely N-dealkylation sites (N-methyl/N-ethyl adjacent to an activating group) is 1. The summed E-state index contributed by atoms with van der Waals surface area (Å²) in [5.41, 5.74) is 6.38. The molecule has 13 heteroatoms. The van der Waals surface area contributed by atoms with Crippen LogP contribution >= 0.6 is 22.9 Å². The molecule has 2 aliphatic heterocycles. The minimum atomic E-state index is -1.13. The molecule has 1 aliphatic carbocycles. The second-order valence-electron chi connectivity index (χ2n) is 10.8. The monoisotopic (exact) mass is 587 g/mol. The van der Waals surface area contributed by atoms with Gasteiger partial charge in [-0.05, 0) is 57.7 Å². The van der Waals surface area contributed by atoms with Crippen LogP contribution < -0.4 is 16.0 Å². The Labute approximate surface area is 242 Å². The van der Waals surface area contributed by atoms with Gasteiger partial charge in [0, 0.05) is 49.6 Å². The number of primary amides is 1. The van der Waals surface area contributed by atoms with Crippen LogP contribution in [0.1, 0.15) is 58.9 Å². The zero-order chi connectivity index (χ0) is 28.4. The number of amides is 4. The van der Waals surface area contributed by atoms with Crippen molar-refractivity contribution in [2.24, 2.45) is 11.7 Å². The van der Waals surface area contributed by atoms with Gasteiger partial charge in [0.2, 0.25) is 5.91 Å². The van der Waals surface area contributed by atoms with E-state index >= 15 is 0 Å². The molecule has 2 fully saturated rings. The fourth-order valence-electron chi connectivity index (χ4n) is 5.92. The van der Waals surface area contributed by atoms with Crippen molar-refractivity contribution in [1.82, 2.24) is 25.1 Å². The van der Waals surface area contributed by atoms with Crippen molar-refractivity contribution in [2.45, 2.75) is 63.6 Å². The van der Waals surface area contributed by atoms with E-state index in [-0.39, 0.29) is 23.6 Å². The Morgan fingerprint density at radius 3 is 2.60 bits per heavy atom. The number of pyridine rings is 1. The summed E-state index contributed by atoms with van der Waals surface area (Å²) in [5.74, 6) is -2.48. The number of nitrogens with two attached hydrogens (primary N) is 1. The summed E-state index contributed by atoms with van der Waals surface area (Å²) >= 11 is 7.39. The van der Waals surface area contributed by atoms with Crippen LogP contribution in [0.15, 0.2) is 18.3 Å². The molecular weight excluding hydrogens is 554 g/mol. The van der Waals surface area contributed by atoms with E-state index in [0.29, 0.717) is 29.3 Å². The largest absolute Gasteiger partial charge is 0.361 e. The quantitative estimate of drug-likeness (QED) is 0.509. The molecule has 4 amide bonds. The summed E-state index contributed by atoms with van der Waals surface area (Å²) in [6.45, 7) is 3.08. The van der Waals surface area contributed by atoms with Crippen LogP contribution in [-0.4, -0.2) is 82.2 Å². The normalized spacial score (nSPS) is 23.2. The molecule has 0 radical (unpaired) electrons. The lowest BCUT2D eigenvalue weighted by atomic mass is 9.80. The molecule has 11 nitrogen and oxygen atoms in total. The number of likely N-dealkylation sites (tertiary alicyclic amines) is 1. The highest BCUT2D eigenvalue weighted by Gasteiger charge is 2.43. The van der Waals surface area contributed by atoms with Crippen LogP contribution in [-0.2, 0) is 27.3 Å². The minimum Gasteiger partial charge on any atom is -0.361 e. The van der Waals surface area contributed by atoms with Crippen LogP contribution in [0.2, 0.25) is 5.02 Å². The lowest BCUT2D eigenvalue weighted by molar-refractivity contribution is -0.138. The van der Waals surface area contributed by atoms with Crippen LogP contribution in [0.4, 0.5) is 5.82 Å². The first kappa shape index (κ1) is 28.4. The van der Waals surface area contributed by atoms with E-state index in [9.17, 15) is 19.2 Å². The van der Waals surface area contributed by atoms with E-state index in [1.165, 1.54) is 22.4 Å². The van der Waals surface area contributed by atoms with E-state index in [1.54, 1.807) is 12.1 Å². The number of carbonyl (C=O) groups excluding carboxylic acids is 4. The number of anilines is 1. The van der Waals surface area contributed by atoms with E-state index in [2.05, 4.69) is 20.2 Å². The highest BCUT2D eigenvalue weighted by atomic mass is 35.5. The van der Waals surface area contributed by atoms with Crippen LogP contribution in [0, 0.1) is 5.92 Å². The molecule has 3 aliphatic rings. The van der Waals surface area contributed by atoms with Gasteiger partial charge in [0.15, 0.2) is 5.01 Å². The fraction of sp³-hybridized carbons (Fsp3) is 0.556. The Kier molecular flexibility index (Phi) is 8.67. The van der Waals surface area contributed by atoms with Gasteiger partial charge in [-0.1, -0.05) is 11.6 Å². The Hall–Kier alpha value is -3.09. The molecule has 1 saturated carbocycles. The van der Waals surface area contributed by atoms with Gasteiger partial charge in [0.1, 0.15) is 5.82 Å². The number of rotatable bonds is 5. The van der Waals surface area contributed by atoms with Gasteiger partial charge in [-0.15, -0.1) is 11.3 Å². The molecule has 1 saturated heterocycles. The number of hydrogen-bond acceptors (Lipinski definition) is 8. The topological polar surface area (TPSA) is 142 Å². The van der Waals surface area contributed by atoms with Gasteiger partial charge < -0.3 is 20.9 Å². The van der Waals surface area contributed by atoms with Crippen molar-refractivity contribution in [3.05, 3.63) is 38.9 Å². The smallest absolute Gasteiger partial charge is 0.317 e. The van der Waals surface area contributed by atoms with Crippen LogP contribution in [0.3, 0.4) is 0 Å². The SMILES string of the molecule is CN1CCc2nc(C(=O)N[C@@H]3C[C@@H](C(=O)N4CCCCC4)CC[C@@H]3N(C(=O)C(N)=O)c3ccc(Cl)cn3)sc2C1. The lowest BCUT2D eigenvalue weighted by Gasteiger charge is -2.42. The average Bonchev–Trinajstić information content (AvgIpc) is 3.38. The molecule has 5 rings (SSSR count). The number of aromatic nitrogens is 2. The average molecular weight is 588 g/mol. The van der Waals surface area contributed by atoms with Crippen molar-refractivity contribution in [3.63, 3.8) is 0 Å². The second-order valence-corrected chi connectivity index (χ2v) is 12.3. The van der Waals surface area contributed by atoms with Gasteiger partial charge >= 0.3 is 11.8 Å². The van der Waals surface area contributed by atoms with Crippen LogP contribution in [0.25, 0.3) is 0 Å². The van der Waals surface area contributed by atoms with Crippen molar-refractivity contribution in [3.8, 4) is 0 Å². The summed E-state index contributed by atoms with van der Waals surface area (Å²) in [4.78, 5) is 67.5. The predicted molar refractivity (Wildman–Crippen MR) is 151 cm³/mol. The zero-order valence-corrected chi connectivity index (χ0v) is 24.0. The van der Waals surface area contributed by atoms with E-state index in [1.807, 2.05) is 11.9 Å². The molecule has 0 aromatic carbocycles. The molecule has 40 heavy (non-hydrogen) atoms. The molecule has 214 valence electrons. The first-order chi connectivity index (χ1) is 19.2. The van der Waals surface area contributed by atoms with Crippen molar-refractivity contribution >= 4 is 52.4 Å². The number of carbonyl (C=O) groups is 4. The molecule has 0 unspecified atom stereocenters. The fourth-order valence-corrected chi connectivity index (χ4v) is 7.12. The number of thiazole rings is 1. The number of hydrogen-bond donors (Lipinski definition) is 2. The molecular formula is C27H34ClN7O4S. The predicted octanol–water partition coefficient (Wildman–Crippen LogP) is 1.98. The van der Waals surface area contributed by atoms with Gasteiger partial charge in [-0.25, -0.2) is 9.97 Å². The standard InChI is InChI=1S/C27H34ClN7O4S/c1-33-12-9-18-21(15-33)40-25(32-18)24(37)31-19-13-16(26(38)34-10-3-2-4-11-34)5-7-20(19)35(27(39)23(29)36)22-8-6-17(28)14-30-22/h6,8,14,16,19-20H,2-5,7,9-13,15H2,1H3,(H2,29,36)(H,31,37)/t16-,19+,20-/m0/s1. The van der Waals surface area contributed by atoms with Gasteiger partial charge in [0.05, 0.1) is 22.8 Å². The third kappa shape index (κ3) is 6.13. The Morgan fingerprint density at radius 1 is 1.12 bits per heavy atom. The minimum absolute atomic E-state index is 0.0718. The molecule has 0 spiro atoms. The Bertz CT molecular complexity index is 1280. The van der Waals surface area contributed by atoms with E-state index < -0.39 is 23.9 Å². The summed E-state index contributed by atoms with van der Waals surface area (Å²) in [5, 5.41) is 3.79. The van der Waals surface area contributed by atoms with E-state index in [0.717, 1.165) is 62.4 Å². The molecule has 4 heterocycles. The number of fused-ring (bicyclic) bond motifs is 1. The zero-order valence-electron chi connectivity index (χ0n) is 22.5. The number of piperidine rings is 1. The first-order valence-corrected chi connectivity index (χ1v) is 14.9. The van der Waals surface area contributed by atoms with Crippen molar-refractivity contribution < 1.29 is 19.2 Å². The van der Waals surface area contributed by atoms with Gasteiger partial charge in [-0.3, -0.25) is 24.1 Å². The maximum atomic E-state index is 13.5. The third-order valence-electron chi connectivity index (χ3n) is 7.98. The Morgan fingerprint density at radius 2 is 1.90 bits per heavy atom. The first-order valence-electron chi connectivity index (χ1n) is 13.7. The van der Waals surface area contributed by atoms with Crippen molar-refractivity contribution in [2.75, 3.05) is 31.6 Å². The maximum Gasteiger partial charge on any atom is 0.317 e. The van der Waals surface area contributed by atoms with Gasteiger partial charge in [0.25, 0.3) is 5.91 Å². The second kappa shape index (κ2) is 12.2. The summed E-state index contributed by atoms with van der Waals surface area (Å²) in [6, 6.07) is 1.83. The number of nitrogens with zero attached hydrogens (tertiary/aromatic N) is 5. The molecule has 0 bridgehead atoms. The summed E-state index contributed by atoms with van der Waals surface area (Å²) < 4.78 is 0. The molecule has 2 aromatic rings. The third-order valence-corrected chi connectivity index (χ3v) is 9.29. The summed E-state index contributed by atoms with van der Waals surface area (Å²) in [6.07, 6.45) is 6.42. The molecule has 3 atom stereocenters. The van der Waals surface area contributed by atoms with E-state index in [4.69, 9.17) is 17.3 Å². The Balaban J connectivity index is 1.44. The number of nitrogens with one attached hydrogen (secondary N) is 1. The highest BCUT2D eigenvalue weighted by Crippen LogP contribution is 2.33. The van der Waals surface area contributed by atoms with Gasteiger partial charge in [-0.2, -0.15) is 0 Å². The molecule has 3 N–H and O–H groups in total. The maximum absolute atomic E-state index is 13.5. The number of halogens is 1. The van der Waals surface area contributed by atoms with Crippen LogP contribution in [0.5, 0.6) is 0 Å². The lowest BCUT2D eigenvalue weighted by Crippen LogP contribution is -2.59. The summed E-state index contributed by atoms with van der Waals surface area (Å²) in [7, 11) is 2.03. The highest BCUT2D eigenvalue weighted by molar-refractivity contribution is 7.13. The molecule has 2 aromatic heterocycles. The van der Waals surface area contributed by atoms with Crippen molar-refractivity contribution in [1.29, 1.82) is 0 Å².